The van der Waals surface area contributed by atoms with E-state index < -0.39 is 11.9 Å². The fourth-order valence-corrected chi connectivity index (χ4v) is 6.01. The number of fused-ring (bicyclic) bond motifs is 1. The van der Waals surface area contributed by atoms with Gasteiger partial charge in [-0.15, -0.1) is 16.4 Å². The monoisotopic (exact) mass is 648 g/mol. The van der Waals surface area contributed by atoms with Gasteiger partial charge in [-0.2, -0.15) is 0 Å². The summed E-state index contributed by atoms with van der Waals surface area (Å²) >= 11 is 1.42. The summed E-state index contributed by atoms with van der Waals surface area (Å²) in [6.07, 6.45) is 0. The van der Waals surface area contributed by atoms with Gasteiger partial charge in [0.25, 0.3) is 5.91 Å². The maximum Gasteiger partial charge on any atom is 0.251 e. The van der Waals surface area contributed by atoms with Crippen molar-refractivity contribution in [2.24, 2.45) is 0 Å². The highest BCUT2D eigenvalue weighted by Crippen LogP contribution is 2.33. The molecular weight excluding hydrogens is 616 g/mol. The summed E-state index contributed by atoms with van der Waals surface area (Å²) in [6, 6.07) is 28.3. The zero-order chi connectivity index (χ0) is 32.8. The molecule has 47 heavy (non-hydrogen) atoms. The number of amides is 2. The minimum absolute atomic E-state index is 0.0623. The van der Waals surface area contributed by atoms with Crippen LogP contribution in [0.1, 0.15) is 16.6 Å². The zero-order valence-corrected chi connectivity index (χ0v) is 26.8. The summed E-state index contributed by atoms with van der Waals surface area (Å²) in [4.78, 5) is 35.2. The number of carbonyl (C=O) groups excluding carboxylic acids is 2. The minimum atomic E-state index is -1.07. The SMILES string of the molecule is COc1ccc(C(C(=O)Nc2ccc(OC)cc2OC)N(Cc2nc(-c3ccccc3)cs2)C(=O)Cn2nnc3ccccc32)cc1. The molecule has 0 aliphatic rings. The molecule has 0 aliphatic carbocycles. The number of anilines is 1. The van der Waals surface area contributed by atoms with Gasteiger partial charge in [-0.1, -0.05) is 59.8 Å². The molecule has 2 heterocycles. The fourth-order valence-electron chi connectivity index (χ4n) is 5.21. The van der Waals surface area contributed by atoms with Crippen LogP contribution >= 0.6 is 11.3 Å². The Kier molecular flexibility index (Phi) is 9.39. The molecule has 0 saturated heterocycles. The molecule has 11 nitrogen and oxygen atoms in total. The van der Waals surface area contributed by atoms with Crippen molar-refractivity contribution in [2.75, 3.05) is 26.6 Å². The Hall–Kier alpha value is -5.75. The predicted octanol–water partition coefficient (Wildman–Crippen LogP) is 5.99. The molecule has 4 aromatic carbocycles. The Bertz CT molecular complexity index is 1990. The number of methoxy groups -OCH3 is 3. The first-order chi connectivity index (χ1) is 23.0. The number of nitrogens with one attached hydrogen (secondary N) is 1. The lowest BCUT2D eigenvalue weighted by Crippen LogP contribution is -2.42. The smallest absolute Gasteiger partial charge is 0.251 e. The number of rotatable bonds is 12. The summed E-state index contributed by atoms with van der Waals surface area (Å²) in [7, 11) is 4.63. The lowest BCUT2D eigenvalue weighted by molar-refractivity contribution is -0.140. The summed E-state index contributed by atoms with van der Waals surface area (Å²) in [5.41, 5.74) is 4.11. The van der Waals surface area contributed by atoms with Gasteiger partial charge >= 0.3 is 0 Å². The fraction of sp³-hybridized carbons (Fsp3) is 0.171. The second-order valence-corrected chi connectivity index (χ2v) is 11.4. The van der Waals surface area contributed by atoms with Crippen LogP contribution in [0.4, 0.5) is 5.69 Å². The van der Waals surface area contributed by atoms with Gasteiger partial charge in [0.15, 0.2) is 0 Å². The quantitative estimate of drug-likeness (QED) is 0.172. The molecule has 1 N–H and O–H groups in total. The number of hydrogen-bond acceptors (Lipinski definition) is 9. The van der Waals surface area contributed by atoms with Crippen LogP contribution in [0, 0.1) is 0 Å². The zero-order valence-electron chi connectivity index (χ0n) is 26.0. The van der Waals surface area contributed by atoms with Gasteiger partial charge in [0.05, 0.1) is 44.8 Å². The number of para-hydroxylation sites is 1. The number of hydrogen-bond donors (Lipinski definition) is 1. The van der Waals surface area contributed by atoms with E-state index in [-0.39, 0.29) is 19.0 Å². The second kappa shape index (κ2) is 14.1. The van der Waals surface area contributed by atoms with Crippen LogP contribution < -0.4 is 19.5 Å². The van der Waals surface area contributed by atoms with Gasteiger partial charge in [0, 0.05) is 17.0 Å². The summed E-state index contributed by atoms with van der Waals surface area (Å²) in [5, 5.41) is 14.0. The van der Waals surface area contributed by atoms with Crippen LogP contribution in [0.5, 0.6) is 17.2 Å². The van der Waals surface area contributed by atoms with Gasteiger partial charge in [-0.3, -0.25) is 9.59 Å². The van der Waals surface area contributed by atoms with E-state index in [0.717, 1.165) is 11.3 Å². The lowest BCUT2D eigenvalue weighted by Gasteiger charge is -2.31. The van der Waals surface area contributed by atoms with E-state index in [9.17, 15) is 9.59 Å². The number of nitrogens with zero attached hydrogens (tertiary/aromatic N) is 5. The Morgan fingerprint density at radius 1 is 0.872 bits per heavy atom. The summed E-state index contributed by atoms with van der Waals surface area (Å²) < 4.78 is 17.8. The molecule has 6 aromatic rings. The maximum absolute atomic E-state index is 14.4. The van der Waals surface area contributed by atoms with Crippen molar-refractivity contribution in [1.29, 1.82) is 0 Å². The molecule has 2 amide bonds. The third kappa shape index (κ3) is 6.92. The normalized spacial score (nSPS) is 11.6. The van der Waals surface area contributed by atoms with Crippen LogP contribution in [0.25, 0.3) is 22.3 Å². The van der Waals surface area contributed by atoms with Gasteiger partial charge < -0.3 is 24.4 Å². The molecule has 0 fully saturated rings. The Morgan fingerprint density at radius 3 is 2.34 bits per heavy atom. The van der Waals surface area contributed by atoms with Crippen molar-refractivity contribution in [3.8, 4) is 28.5 Å². The highest BCUT2D eigenvalue weighted by Gasteiger charge is 2.33. The van der Waals surface area contributed by atoms with Crippen molar-refractivity contribution in [3.63, 3.8) is 0 Å². The maximum atomic E-state index is 14.4. The first kappa shape index (κ1) is 31.2. The third-order valence-corrected chi connectivity index (χ3v) is 8.44. The van der Waals surface area contributed by atoms with E-state index in [2.05, 4.69) is 15.6 Å². The van der Waals surface area contributed by atoms with Crippen molar-refractivity contribution < 1.29 is 23.8 Å². The van der Waals surface area contributed by atoms with E-state index in [0.29, 0.717) is 44.5 Å². The van der Waals surface area contributed by atoms with Crippen molar-refractivity contribution in [3.05, 3.63) is 113 Å². The standard InChI is InChI=1S/C35H32N6O5S/c1-44-25-15-13-24(14-16-25)34(35(43)37-28-18-17-26(45-2)19-31(28)46-3)40(20-32-36-29(22-47-32)23-9-5-4-6-10-23)33(42)21-41-30-12-8-7-11-27(30)38-39-41/h4-19,22,34H,20-21H2,1-3H3,(H,37,43). The molecule has 238 valence electrons. The van der Waals surface area contributed by atoms with Crippen molar-refractivity contribution in [1.82, 2.24) is 24.9 Å². The molecule has 0 spiro atoms. The molecule has 1 unspecified atom stereocenters. The average Bonchev–Trinajstić information content (AvgIpc) is 3.76. The molecule has 0 bridgehead atoms. The molecule has 2 aromatic heterocycles. The number of thiazole rings is 1. The van der Waals surface area contributed by atoms with Crippen molar-refractivity contribution >= 4 is 39.9 Å². The molecule has 0 saturated carbocycles. The second-order valence-electron chi connectivity index (χ2n) is 10.5. The predicted molar refractivity (Wildman–Crippen MR) is 180 cm³/mol. The molecule has 0 aliphatic heterocycles. The molecule has 1 atom stereocenters. The highest BCUT2D eigenvalue weighted by atomic mass is 32.1. The lowest BCUT2D eigenvalue weighted by atomic mass is 10.0. The van der Waals surface area contributed by atoms with E-state index in [1.165, 1.54) is 28.0 Å². The van der Waals surface area contributed by atoms with E-state index in [1.807, 2.05) is 60.0 Å². The van der Waals surface area contributed by atoms with Crippen LogP contribution in [-0.2, 0) is 22.7 Å². The first-order valence-corrected chi connectivity index (χ1v) is 15.6. The van der Waals surface area contributed by atoms with Crippen LogP contribution in [0.2, 0.25) is 0 Å². The molecule has 0 radical (unpaired) electrons. The number of ether oxygens (including phenoxy) is 3. The largest absolute Gasteiger partial charge is 0.497 e. The summed E-state index contributed by atoms with van der Waals surface area (Å²) in [6.45, 7) is -0.0873. The van der Waals surface area contributed by atoms with E-state index >= 15 is 0 Å². The number of carbonyl (C=O) groups is 2. The Morgan fingerprint density at radius 2 is 1.60 bits per heavy atom. The minimum Gasteiger partial charge on any atom is -0.497 e. The molecular formula is C35H32N6O5S. The van der Waals surface area contributed by atoms with Crippen LogP contribution in [-0.4, -0.2) is 58.0 Å². The number of benzene rings is 4. The molecule has 6 rings (SSSR count). The van der Waals surface area contributed by atoms with Gasteiger partial charge in [-0.05, 0) is 42.0 Å². The van der Waals surface area contributed by atoms with Gasteiger partial charge in [-0.25, -0.2) is 9.67 Å². The van der Waals surface area contributed by atoms with E-state index in [1.54, 1.807) is 56.7 Å². The highest BCUT2D eigenvalue weighted by molar-refractivity contribution is 7.09. The Labute approximate surface area is 275 Å². The Balaban J connectivity index is 1.41. The van der Waals surface area contributed by atoms with Crippen LogP contribution in [0.15, 0.2) is 102 Å². The van der Waals surface area contributed by atoms with Crippen LogP contribution in [0.3, 0.4) is 0 Å². The molecule has 12 heteroatoms. The van der Waals surface area contributed by atoms with Crippen molar-refractivity contribution in [2.45, 2.75) is 19.1 Å². The van der Waals surface area contributed by atoms with Gasteiger partial charge in [0.1, 0.15) is 40.4 Å². The summed E-state index contributed by atoms with van der Waals surface area (Å²) in [5.74, 6) is 0.793. The third-order valence-electron chi connectivity index (χ3n) is 7.61. The van der Waals surface area contributed by atoms with Gasteiger partial charge in [0.2, 0.25) is 5.91 Å². The number of aromatic nitrogens is 4. The first-order valence-electron chi connectivity index (χ1n) is 14.7. The average molecular weight is 649 g/mol. The van der Waals surface area contributed by atoms with E-state index in [4.69, 9.17) is 19.2 Å². The topological polar surface area (TPSA) is 121 Å².